The molecule has 2 atom stereocenters. The molecule has 0 spiro atoms. The number of benzene rings is 1. The monoisotopic (exact) mass is 417 g/mol. The average molecular weight is 419 g/mol. The van der Waals surface area contributed by atoms with Gasteiger partial charge in [0.2, 0.25) is 9.70 Å². The Balaban J connectivity index is 2.02. The number of amides is 1. The van der Waals surface area contributed by atoms with Gasteiger partial charge in [-0.3, -0.25) is 9.79 Å². The molecule has 1 aliphatic rings. The third-order valence-electron chi connectivity index (χ3n) is 3.16. The van der Waals surface area contributed by atoms with Gasteiger partial charge >= 0.3 is 0 Å². The topological polar surface area (TPSA) is 53.5 Å². The number of thioether (sulfide) groups is 1. The van der Waals surface area contributed by atoms with Crippen LogP contribution in [0.3, 0.4) is 0 Å². The van der Waals surface area contributed by atoms with E-state index in [0.29, 0.717) is 0 Å². The highest BCUT2D eigenvalue weighted by Crippen LogP contribution is 2.38. The van der Waals surface area contributed by atoms with Crippen molar-refractivity contribution in [3.8, 4) is 0 Å². The highest BCUT2D eigenvalue weighted by molar-refractivity contribution is 8.00. The summed E-state index contributed by atoms with van der Waals surface area (Å²) >= 11 is 19.3. The molecule has 1 aromatic rings. The lowest BCUT2D eigenvalue weighted by Gasteiger charge is -2.29. The van der Waals surface area contributed by atoms with Gasteiger partial charge in [0.25, 0.3) is 0 Å². The largest absolute Gasteiger partial charge is 0.359 e. The van der Waals surface area contributed by atoms with Crippen LogP contribution in [-0.2, 0) is 4.79 Å². The molecule has 8 heteroatoms. The van der Waals surface area contributed by atoms with E-state index in [0.717, 1.165) is 17.0 Å². The molecule has 0 saturated heterocycles. The summed E-state index contributed by atoms with van der Waals surface area (Å²) < 4.78 is -1.68. The number of carbonyl (C=O) groups excluding carboxylic acids is 1. The molecule has 1 amide bonds. The van der Waals surface area contributed by atoms with E-state index in [-0.39, 0.29) is 11.4 Å². The molecule has 0 bridgehead atoms. The Kier molecular flexibility index (Phi) is 7.25. The van der Waals surface area contributed by atoms with Crippen LogP contribution in [0, 0.1) is 0 Å². The number of rotatable bonds is 5. The SMILES string of the molecule is CC1=CC(C)=N[C@@H](S[C@H](NC(=O)/C=C/c2ccccc2)C(Cl)(Cl)Cl)N1. The quantitative estimate of drug-likeness (QED) is 0.420. The van der Waals surface area contributed by atoms with E-state index in [9.17, 15) is 4.79 Å². The molecule has 1 heterocycles. The second kappa shape index (κ2) is 8.99. The van der Waals surface area contributed by atoms with Crippen molar-refractivity contribution < 1.29 is 4.79 Å². The van der Waals surface area contributed by atoms with Crippen LogP contribution in [0.25, 0.3) is 6.08 Å². The predicted octanol–water partition coefficient (Wildman–Crippen LogP) is 4.50. The van der Waals surface area contributed by atoms with E-state index >= 15 is 0 Å². The van der Waals surface area contributed by atoms with Crippen molar-refractivity contribution in [2.75, 3.05) is 0 Å². The smallest absolute Gasteiger partial charge is 0.245 e. The lowest BCUT2D eigenvalue weighted by atomic mass is 10.2. The molecule has 1 aromatic carbocycles. The van der Waals surface area contributed by atoms with Crippen LogP contribution in [-0.4, -0.2) is 26.3 Å². The lowest BCUT2D eigenvalue weighted by Crippen LogP contribution is -2.43. The first kappa shape index (κ1) is 20.2. The average Bonchev–Trinajstić information content (AvgIpc) is 2.51. The Hall–Kier alpha value is -1.14. The number of alkyl halides is 3. The first-order chi connectivity index (χ1) is 11.7. The van der Waals surface area contributed by atoms with Crippen LogP contribution >= 0.6 is 46.6 Å². The second-order valence-corrected chi connectivity index (χ2v) is 8.96. The second-order valence-electron chi connectivity index (χ2n) is 5.40. The Morgan fingerprint density at radius 1 is 1.32 bits per heavy atom. The number of hydrogen-bond acceptors (Lipinski definition) is 4. The summed E-state index contributed by atoms with van der Waals surface area (Å²) in [6.45, 7) is 3.82. The van der Waals surface area contributed by atoms with Crippen LogP contribution in [0.5, 0.6) is 0 Å². The molecule has 25 heavy (non-hydrogen) atoms. The lowest BCUT2D eigenvalue weighted by molar-refractivity contribution is -0.116. The summed E-state index contributed by atoms with van der Waals surface area (Å²) in [7, 11) is 0. The van der Waals surface area contributed by atoms with Crippen LogP contribution in [0.4, 0.5) is 0 Å². The van der Waals surface area contributed by atoms with Crippen molar-refractivity contribution >= 4 is 64.3 Å². The fraction of sp³-hybridized carbons (Fsp3) is 0.294. The third kappa shape index (κ3) is 6.94. The van der Waals surface area contributed by atoms with Gasteiger partial charge in [-0.05, 0) is 31.6 Å². The minimum absolute atomic E-state index is 0.343. The summed E-state index contributed by atoms with van der Waals surface area (Å²) in [4.78, 5) is 16.6. The molecule has 0 unspecified atom stereocenters. The maximum Gasteiger partial charge on any atom is 0.245 e. The Bertz CT molecular complexity index is 699. The van der Waals surface area contributed by atoms with Gasteiger partial charge in [-0.2, -0.15) is 0 Å². The molecule has 0 aromatic heterocycles. The maximum absolute atomic E-state index is 12.2. The van der Waals surface area contributed by atoms with Crippen molar-refractivity contribution in [2.24, 2.45) is 4.99 Å². The Morgan fingerprint density at radius 2 is 2.00 bits per heavy atom. The molecule has 0 radical (unpaired) electrons. The standard InChI is InChI=1S/C17H18Cl3N3OS/c1-11-10-12(2)22-16(21-11)25-15(17(18,19)20)23-14(24)9-8-13-6-4-3-5-7-13/h3-10,15-16,21H,1-2H3,(H,23,24)/b9-8+/t15-,16-/m0/s1. The summed E-state index contributed by atoms with van der Waals surface area (Å²) in [5.41, 5.74) is 2.39. The van der Waals surface area contributed by atoms with Crippen LogP contribution < -0.4 is 10.6 Å². The molecule has 0 fully saturated rings. The zero-order valence-electron chi connectivity index (χ0n) is 13.7. The first-order valence-electron chi connectivity index (χ1n) is 7.49. The van der Waals surface area contributed by atoms with Gasteiger partial charge in [0, 0.05) is 17.5 Å². The normalized spacial score (nSPS) is 19.0. The van der Waals surface area contributed by atoms with Crippen molar-refractivity contribution in [3.63, 3.8) is 0 Å². The predicted molar refractivity (Wildman–Crippen MR) is 109 cm³/mol. The molecule has 0 aliphatic carbocycles. The van der Waals surface area contributed by atoms with Crippen molar-refractivity contribution in [1.29, 1.82) is 0 Å². The molecule has 4 nitrogen and oxygen atoms in total. The van der Waals surface area contributed by atoms with Crippen molar-refractivity contribution in [2.45, 2.75) is 28.5 Å². The fourth-order valence-electron chi connectivity index (χ4n) is 2.10. The number of carbonyl (C=O) groups is 1. The summed E-state index contributed by atoms with van der Waals surface area (Å²) in [6.07, 6.45) is 5.03. The number of nitrogens with one attached hydrogen (secondary N) is 2. The molecule has 1 aliphatic heterocycles. The van der Waals surface area contributed by atoms with Crippen molar-refractivity contribution in [1.82, 2.24) is 10.6 Å². The van der Waals surface area contributed by atoms with Crippen LogP contribution in [0.2, 0.25) is 0 Å². The summed E-state index contributed by atoms with van der Waals surface area (Å²) in [6, 6.07) is 9.47. The zero-order valence-corrected chi connectivity index (χ0v) is 16.8. The molecule has 134 valence electrons. The van der Waals surface area contributed by atoms with E-state index < -0.39 is 9.17 Å². The van der Waals surface area contributed by atoms with Gasteiger partial charge in [0.05, 0.1) is 0 Å². The van der Waals surface area contributed by atoms with E-state index in [1.165, 1.54) is 17.8 Å². The number of allylic oxidation sites excluding steroid dienone is 2. The van der Waals surface area contributed by atoms with Crippen LogP contribution in [0.1, 0.15) is 19.4 Å². The highest BCUT2D eigenvalue weighted by atomic mass is 35.6. The maximum atomic E-state index is 12.2. The summed E-state index contributed by atoms with van der Waals surface area (Å²) in [5, 5.41) is 5.12. The fourth-order valence-corrected chi connectivity index (χ4v) is 3.81. The Labute approximate surface area is 166 Å². The van der Waals surface area contributed by atoms with Gasteiger partial charge in [-0.1, -0.05) is 76.9 Å². The number of hydrogen-bond donors (Lipinski definition) is 2. The van der Waals surface area contributed by atoms with Gasteiger partial charge in [-0.25, -0.2) is 0 Å². The number of halogens is 3. The van der Waals surface area contributed by atoms with E-state index in [1.54, 1.807) is 6.08 Å². The minimum Gasteiger partial charge on any atom is -0.359 e. The minimum atomic E-state index is -1.68. The molecular formula is C17H18Cl3N3OS. The van der Waals surface area contributed by atoms with Gasteiger partial charge in [0.1, 0.15) is 5.37 Å². The third-order valence-corrected chi connectivity index (χ3v) is 5.43. The summed E-state index contributed by atoms with van der Waals surface area (Å²) in [5.74, 6) is -0.351. The molecule has 0 saturated carbocycles. The van der Waals surface area contributed by atoms with Gasteiger partial charge in [-0.15, -0.1) is 0 Å². The van der Waals surface area contributed by atoms with E-state index in [4.69, 9.17) is 34.8 Å². The van der Waals surface area contributed by atoms with E-state index in [1.807, 2.05) is 50.3 Å². The highest BCUT2D eigenvalue weighted by Gasteiger charge is 2.36. The number of nitrogens with zero attached hydrogens (tertiary/aromatic N) is 1. The van der Waals surface area contributed by atoms with Crippen LogP contribution in [0.15, 0.2) is 53.2 Å². The Morgan fingerprint density at radius 3 is 2.60 bits per heavy atom. The van der Waals surface area contributed by atoms with Gasteiger partial charge in [0.15, 0.2) is 5.50 Å². The van der Waals surface area contributed by atoms with Gasteiger partial charge < -0.3 is 10.6 Å². The van der Waals surface area contributed by atoms with E-state index in [2.05, 4.69) is 15.6 Å². The van der Waals surface area contributed by atoms with Crippen molar-refractivity contribution in [3.05, 3.63) is 53.7 Å². The molecular weight excluding hydrogens is 401 g/mol. The molecule has 2 rings (SSSR count). The molecule has 2 N–H and O–H groups in total. The zero-order chi connectivity index (χ0) is 18.4. The number of aliphatic imine (C=N–C) groups is 1. The first-order valence-corrected chi connectivity index (χ1v) is 9.57.